The lowest BCUT2D eigenvalue weighted by Gasteiger charge is -2.33. The molecular weight excluding hydrogens is 463 g/mol. The second-order valence-electron chi connectivity index (χ2n) is 7.83. The van der Waals surface area contributed by atoms with Gasteiger partial charge in [0.1, 0.15) is 11.6 Å². The zero-order valence-corrected chi connectivity index (χ0v) is 19.3. The van der Waals surface area contributed by atoms with E-state index < -0.39 is 16.6 Å². The van der Waals surface area contributed by atoms with Gasteiger partial charge in [-0.2, -0.15) is 0 Å². The number of halogens is 2. The third-order valence-electron chi connectivity index (χ3n) is 5.98. The highest BCUT2D eigenvalue weighted by atomic mass is 35.5. The Kier molecular flexibility index (Phi) is 5.54. The van der Waals surface area contributed by atoms with E-state index in [9.17, 15) is 14.0 Å². The molecular formula is C25H20ClFN2O3S. The smallest absolute Gasteiger partial charge is 0.268 e. The lowest BCUT2D eigenvalue weighted by molar-refractivity contribution is -0.123. The highest BCUT2D eigenvalue weighted by Crippen LogP contribution is 2.55. The molecule has 1 spiro atoms. The number of fused-ring (bicyclic) bond motifs is 2. The molecule has 0 aromatic heterocycles. The number of hydrogen-bond acceptors (Lipinski definition) is 4. The second-order valence-corrected chi connectivity index (χ2v) is 9.56. The Bertz CT molecular complexity index is 1270. The summed E-state index contributed by atoms with van der Waals surface area (Å²) in [7, 11) is 1.59. The third kappa shape index (κ3) is 3.47. The topological polar surface area (TPSA) is 49.9 Å². The van der Waals surface area contributed by atoms with Crippen LogP contribution in [0.1, 0.15) is 21.5 Å². The second kappa shape index (κ2) is 8.39. The van der Waals surface area contributed by atoms with Crippen LogP contribution in [0, 0.1) is 5.82 Å². The van der Waals surface area contributed by atoms with Gasteiger partial charge in [-0.25, -0.2) is 4.39 Å². The minimum atomic E-state index is -1.29. The molecule has 1 atom stereocenters. The molecule has 3 aromatic rings. The fraction of sp³-hybridized carbons (Fsp3) is 0.200. The Morgan fingerprint density at radius 3 is 2.76 bits per heavy atom. The first kappa shape index (κ1) is 21.8. The van der Waals surface area contributed by atoms with Gasteiger partial charge in [-0.3, -0.25) is 9.59 Å². The van der Waals surface area contributed by atoms with Gasteiger partial charge in [-0.15, -0.1) is 11.8 Å². The third-order valence-corrected chi connectivity index (χ3v) is 7.63. The first-order chi connectivity index (χ1) is 16.0. The van der Waals surface area contributed by atoms with Gasteiger partial charge >= 0.3 is 0 Å². The number of carbonyl (C=O) groups is 2. The normalized spacial score (nSPS) is 19.3. The van der Waals surface area contributed by atoms with Crippen molar-refractivity contribution in [2.75, 3.05) is 24.3 Å². The van der Waals surface area contributed by atoms with Gasteiger partial charge < -0.3 is 14.5 Å². The van der Waals surface area contributed by atoms with Crippen LogP contribution in [-0.2, 0) is 16.2 Å². The van der Waals surface area contributed by atoms with Crippen molar-refractivity contribution >= 4 is 40.9 Å². The summed E-state index contributed by atoms with van der Waals surface area (Å²) in [5.74, 6) is -0.128. The first-order valence-electron chi connectivity index (χ1n) is 10.4. The van der Waals surface area contributed by atoms with Crippen molar-refractivity contribution in [3.63, 3.8) is 0 Å². The van der Waals surface area contributed by atoms with Gasteiger partial charge in [-0.05, 0) is 48.0 Å². The van der Waals surface area contributed by atoms with Crippen molar-refractivity contribution in [1.29, 1.82) is 0 Å². The van der Waals surface area contributed by atoms with Crippen molar-refractivity contribution in [3.05, 3.63) is 94.3 Å². The maximum atomic E-state index is 14.5. The molecule has 1 fully saturated rings. The van der Waals surface area contributed by atoms with E-state index in [-0.39, 0.29) is 11.5 Å². The van der Waals surface area contributed by atoms with E-state index in [1.54, 1.807) is 36.3 Å². The minimum absolute atomic E-state index is 0.0537. The summed E-state index contributed by atoms with van der Waals surface area (Å²) in [6, 6.07) is 18.6. The van der Waals surface area contributed by atoms with Crippen LogP contribution in [0.5, 0.6) is 5.75 Å². The molecule has 2 aliphatic rings. The Morgan fingerprint density at radius 1 is 1.15 bits per heavy atom. The van der Waals surface area contributed by atoms with E-state index in [4.69, 9.17) is 16.3 Å². The Balaban J connectivity index is 1.60. The van der Waals surface area contributed by atoms with Gasteiger partial charge in [0.2, 0.25) is 0 Å². The fourth-order valence-corrected chi connectivity index (χ4v) is 6.10. The highest BCUT2D eigenvalue weighted by molar-refractivity contribution is 8.01. The minimum Gasteiger partial charge on any atom is -0.497 e. The fourth-order valence-electron chi connectivity index (χ4n) is 4.48. The molecule has 3 aromatic carbocycles. The predicted octanol–water partition coefficient (Wildman–Crippen LogP) is 5.08. The van der Waals surface area contributed by atoms with Crippen molar-refractivity contribution in [2.24, 2.45) is 0 Å². The Hall–Kier alpha value is -3.03. The molecule has 1 saturated heterocycles. The van der Waals surface area contributed by atoms with Crippen molar-refractivity contribution in [1.82, 2.24) is 4.90 Å². The monoisotopic (exact) mass is 482 g/mol. The van der Waals surface area contributed by atoms with Crippen LogP contribution < -0.4 is 9.64 Å². The quantitative estimate of drug-likeness (QED) is 0.520. The maximum Gasteiger partial charge on any atom is 0.268 e. The molecule has 0 aliphatic carbocycles. The lowest BCUT2D eigenvalue weighted by Crippen LogP contribution is -2.50. The van der Waals surface area contributed by atoms with E-state index in [1.807, 2.05) is 24.3 Å². The molecule has 5 nitrogen and oxygen atoms in total. The number of benzene rings is 3. The summed E-state index contributed by atoms with van der Waals surface area (Å²) >= 11 is 7.71. The van der Waals surface area contributed by atoms with Crippen molar-refractivity contribution in [2.45, 2.75) is 11.4 Å². The van der Waals surface area contributed by atoms with Gasteiger partial charge in [0.05, 0.1) is 24.9 Å². The molecule has 2 heterocycles. The summed E-state index contributed by atoms with van der Waals surface area (Å²) in [5, 5.41) is 0.468. The molecule has 0 radical (unpaired) electrons. The SMILES string of the molecule is COc1cccc(CN2C(=O)[C@]3(SCCN3C(=O)c3ccccc3F)c3cc(Cl)ccc32)c1. The zero-order valence-electron chi connectivity index (χ0n) is 17.8. The van der Waals surface area contributed by atoms with E-state index in [1.165, 1.54) is 34.9 Å². The predicted molar refractivity (Wildman–Crippen MR) is 127 cm³/mol. The molecule has 33 heavy (non-hydrogen) atoms. The summed E-state index contributed by atoms with van der Waals surface area (Å²) in [6.07, 6.45) is 0. The van der Waals surface area contributed by atoms with Crippen LogP contribution in [0.4, 0.5) is 10.1 Å². The van der Waals surface area contributed by atoms with Crippen LogP contribution >= 0.6 is 23.4 Å². The van der Waals surface area contributed by atoms with E-state index >= 15 is 0 Å². The molecule has 0 saturated carbocycles. The maximum absolute atomic E-state index is 14.5. The molecule has 0 unspecified atom stereocenters. The largest absolute Gasteiger partial charge is 0.497 e. The number of rotatable bonds is 4. The van der Waals surface area contributed by atoms with E-state index in [0.717, 1.165) is 5.56 Å². The molecule has 0 N–H and O–H groups in total. The number of hydrogen-bond donors (Lipinski definition) is 0. The van der Waals surface area contributed by atoms with Crippen LogP contribution in [0.25, 0.3) is 0 Å². The first-order valence-corrected chi connectivity index (χ1v) is 11.8. The highest BCUT2D eigenvalue weighted by Gasteiger charge is 2.59. The van der Waals surface area contributed by atoms with Crippen LogP contribution in [0.15, 0.2) is 66.7 Å². The van der Waals surface area contributed by atoms with Crippen LogP contribution in [-0.4, -0.2) is 36.1 Å². The number of anilines is 1. The number of nitrogens with zero attached hydrogens (tertiary/aromatic N) is 2. The molecule has 2 aliphatic heterocycles. The number of amides is 2. The summed E-state index contributed by atoms with van der Waals surface area (Å²) in [4.78, 5) is 29.4. The average molecular weight is 483 g/mol. The van der Waals surface area contributed by atoms with E-state index in [2.05, 4.69) is 0 Å². The summed E-state index contributed by atoms with van der Waals surface area (Å²) in [5.41, 5.74) is 2.17. The number of ether oxygens (including phenoxy) is 1. The lowest BCUT2D eigenvalue weighted by atomic mass is 10.0. The molecule has 8 heteroatoms. The average Bonchev–Trinajstić information content (AvgIpc) is 3.36. The van der Waals surface area contributed by atoms with Gasteiger partial charge in [-0.1, -0.05) is 35.9 Å². The van der Waals surface area contributed by atoms with Crippen LogP contribution in [0.3, 0.4) is 0 Å². The molecule has 0 bridgehead atoms. The number of thioether (sulfide) groups is 1. The molecule has 5 rings (SSSR count). The number of carbonyl (C=O) groups excluding carboxylic acids is 2. The van der Waals surface area contributed by atoms with Crippen LogP contribution in [0.2, 0.25) is 5.02 Å². The zero-order chi connectivity index (χ0) is 23.2. The summed E-state index contributed by atoms with van der Waals surface area (Å²) in [6.45, 7) is 0.622. The summed E-state index contributed by atoms with van der Waals surface area (Å²) < 4.78 is 19.8. The standard InChI is InChI=1S/C25H20ClFN2O3S/c1-32-18-6-4-5-16(13-18)15-28-22-10-9-17(26)14-20(22)25(24(28)31)29(11-12-33-25)23(30)19-7-2-3-8-21(19)27/h2-10,13-14H,11-12,15H2,1H3/t25-/m1/s1. The number of methoxy groups -OCH3 is 1. The van der Waals surface area contributed by atoms with Gasteiger partial charge in [0, 0.05) is 22.9 Å². The van der Waals surface area contributed by atoms with Crippen molar-refractivity contribution < 1.29 is 18.7 Å². The Labute approximate surface area is 200 Å². The Morgan fingerprint density at radius 2 is 1.97 bits per heavy atom. The molecule has 168 valence electrons. The van der Waals surface area contributed by atoms with Crippen molar-refractivity contribution in [3.8, 4) is 5.75 Å². The van der Waals surface area contributed by atoms with Gasteiger partial charge in [0.25, 0.3) is 11.8 Å². The van der Waals surface area contributed by atoms with E-state index in [0.29, 0.717) is 40.9 Å². The van der Waals surface area contributed by atoms with Gasteiger partial charge in [0.15, 0.2) is 4.87 Å². The molecule has 2 amide bonds.